The Bertz CT molecular complexity index is 288. The number of nitrogens with two attached hydrogens (primary N) is 1. The number of aromatic hydroxyl groups is 1. The molecule has 0 heterocycles. The molecular formula is C10H13NO2. The third kappa shape index (κ3) is 1.86. The fourth-order valence-electron chi connectivity index (χ4n) is 1.19. The number of phenols is 1. The topological polar surface area (TPSA) is 55.5 Å². The molecule has 0 amide bonds. The van der Waals surface area contributed by atoms with Crippen molar-refractivity contribution in [2.45, 2.75) is 12.8 Å². The van der Waals surface area contributed by atoms with Crippen molar-refractivity contribution in [3.63, 3.8) is 0 Å². The van der Waals surface area contributed by atoms with Gasteiger partial charge in [-0.2, -0.15) is 0 Å². The van der Waals surface area contributed by atoms with E-state index in [1.165, 1.54) is 12.8 Å². The van der Waals surface area contributed by atoms with Gasteiger partial charge in [-0.15, -0.1) is 0 Å². The lowest BCUT2D eigenvalue weighted by atomic mass is 10.3. The van der Waals surface area contributed by atoms with Gasteiger partial charge in [0.05, 0.1) is 12.3 Å². The maximum atomic E-state index is 9.42. The van der Waals surface area contributed by atoms with E-state index < -0.39 is 0 Å². The number of anilines is 1. The maximum absolute atomic E-state index is 9.42. The van der Waals surface area contributed by atoms with Crippen molar-refractivity contribution < 1.29 is 9.84 Å². The third-order valence-electron chi connectivity index (χ3n) is 2.19. The summed E-state index contributed by atoms with van der Waals surface area (Å²) in [5.74, 6) is 1.22. The molecule has 0 aliphatic heterocycles. The molecule has 3 nitrogen and oxygen atoms in total. The number of benzene rings is 1. The van der Waals surface area contributed by atoms with Crippen LogP contribution in [0, 0.1) is 5.92 Å². The smallest absolute Gasteiger partial charge is 0.183 e. The zero-order chi connectivity index (χ0) is 9.26. The number of ether oxygens (including phenoxy) is 1. The Morgan fingerprint density at radius 1 is 1.46 bits per heavy atom. The summed E-state index contributed by atoms with van der Waals surface area (Å²) < 4.78 is 5.42. The summed E-state index contributed by atoms with van der Waals surface area (Å²) >= 11 is 0. The number of hydrogen-bond donors (Lipinski definition) is 2. The van der Waals surface area contributed by atoms with Crippen LogP contribution in [-0.4, -0.2) is 11.7 Å². The first-order valence-electron chi connectivity index (χ1n) is 4.47. The molecule has 3 heteroatoms. The molecule has 0 aromatic heterocycles. The van der Waals surface area contributed by atoms with Gasteiger partial charge >= 0.3 is 0 Å². The van der Waals surface area contributed by atoms with Crippen molar-refractivity contribution >= 4 is 5.69 Å². The lowest BCUT2D eigenvalue weighted by Gasteiger charge is -2.09. The standard InChI is InChI=1S/C10H13NO2/c11-8-2-1-3-9(12)10(8)13-6-7-4-5-7/h1-3,7,12H,4-6,11H2. The van der Waals surface area contributed by atoms with Gasteiger partial charge < -0.3 is 15.6 Å². The summed E-state index contributed by atoms with van der Waals surface area (Å²) in [6.07, 6.45) is 2.46. The SMILES string of the molecule is Nc1cccc(O)c1OCC1CC1. The van der Waals surface area contributed by atoms with Crippen LogP contribution in [0.25, 0.3) is 0 Å². The van der Waals surface area contributed by atoms with Gasteiger partial charge in [0.1, 0.15) is 0 Å². The summed E-state index contributed by atoms with van der Waals surface area (Å²) in [5.41, 5.74) is 6.14. The summed E-state index contributed by atoms with van der Waals surface area (Å²) in [4.78, 5) is 0. The Balaban J connectivity index is 2.07. The van der Waals surface area contributed by atoms with Crippen LogP contribution in [-0.2, 0) is 0 Å². The largest absolute Gasteiger partial charge is 0.504 e. The van der Waals surface area contributed by atoms with Crippen molar-refractivity contribution in [1.29, 1.82) is 0 Å². The van der Waals surface area contributed by atoms with Crippen LogP contribution in [0.15, 0.2) is 18.2 Å². The Morgan fingerprint density at radius 2 is 2.23 bits per heavy atom. The zero-order valence-corrected chi connectivity index (χ0v) is 7.36. The van der Waals surface area contributed by atoms with Gasteiger partial charge in [-0.05, 0) is 30.9 Å². The summed E-state index contributed by atoms with van der Waals surface area (Å²) in [6.45, 7) is 0.668. The van der Waals surface area contributed by atoms with Crippen LogP contribution < -0.4 is 10.5 Å². The second kappa shape index (κ2) is 3.17. The minimum atomic E-state index is 0.126. The van der Waals surface area contributed by atoms with E-state index in [2.05, 4.69) is 0 Å². The molecule has 13 heavy (non-hydrogen) atoms. The molecule has 0 saturated heterocycles. The molecule has 1 aromatic rings. The number of para-hydroxylation sites is 1. The van der Waals surface area contributed by atoms with E-state index in [0.29, 0.717) is 24.0 Å². The summed E-state index contributed by atoms with van der Waals surface area (Å²) in [5, 5.41) is 9.42. The van der Waals surface area contributed by atoms with Crippen LogP contribution >= 0.6 is 0 Å². The van der Waals surface area contributed by atoms with Crippen molar-refractivity contribution in [3.05, 3.63) is 18.2 Å². The second-order valence-electron chi connectivity index (χ2n) is 3.45. The first-order chi connectivity index (χ1) is 6.27. The average molecular weight is 179 g/mol. The lowest BCUT2D eigenvalue weighted by molar-refractivity contribution is 0.286. The summed E-state index contributed by atoms with van der Waals surface area (Å²) in [6, 6.07) is 5.01. The number of rotatable bonds is 3. The monoisotopic (exact) mass is 179 g/mol. The van der Waals surface area contributed by atoms with Crippen LogP contribution in [0.1, 0.15) is 12.8 Å². The van der Waals surface area contributed by atoms with Crippen molar-refractivity contribution in [2.75, 3.05) is 12.3 Å². The highest BCUT2D eigenvalue weighted by molar-refractivity contribution is 5.59. The van der Waals surface area contributed by atoms with E-state index in [4.69, 9.17) is 10.5 Å². The van der Waals surface area contributed by atoms with E-state index in [1.807, 2.05) is 0 Å². The van der Waals surface area contributed by atoms with Gasteiger partial charge in [-0.1, -0.05) is 6.07 Å². The van der Waals surface area contributed by atoms with E-state index in [0.717, 1.165) is 0 Å². The fourth-order valence-corrected chi connectivity index (χ4v) is 1.19. The van der Waals surface area contributed by atoms with Crippen LogP contribution in [0.3, 0.4) is 0 Å². The van der Waals surface area contributed by atoms with Crippen molar-refractivity contribution in [1.82, 2.24) is 0 Å². The fraction of sp³-hybridized carbons (Fsp3) is 0.400. The average Bonchev–Trinajstić information content (AvgIpc) is 2.87. The molecule has 1 aromatic carbocycles. The highest BCUT2D eigenvalue weighted by atomic mass is 16.5. The van der Waals surface area contributed by atoms with E-state index in [1.54, 1.807) is 18.2 Å². The quantitative estimate of drug-likeness (QED) is 0.695. The predicted molar refractivity (Wildman–Crippen MR) is 50.7 cm³/mol. The van der Waals surface area contributed by atoms with Crippen LogP contribution in [0.4, 0.5) is 5.69 Å². The van der Waals surface area contributed by atoms with Gasteiger partial charge in [-0.25, -0.2) is 0 Å². The Labute approximate surface area is 77.1 Å². The Morgan fingerprint density at radius 3 is 2.85 bits per heavy atom. The highest BCUT2D eigenvalue weighted by Crippen LogP contribution is 2.35. The van der Waals surface area contributed by atoms with Gasteiger partial charge in [0, 0.05) is 0 Å². The summed E-state index contributed by atoms with van der Waals surface area (Å²) in [7, 11) is 0. The molecule has 1 fully saturated rings. The molecule has 0 bridgehead atoms. The minimum Gasteiger partial charge on any atom is -0.504 e. The molecule has 0 radical (unpaired) electrons. The van der Waals surface area contributed by atoms with Gasteiger partial charge in [0.2, 0.25) is 0 Å². The molecule has 70 valence electrons. The van der Waals surface area contributed by atoms with Crippen molar-refractivity contribution in [3.8, 4) is 11.5 Å². The number of phenolic OH excluding ortho intramolecular Hbond substituents is 1. The molecule has 3 N–H and O–H groups in total. The van der Waals surface area contributed by atoms with Gasteiger partial charge in [0.15, 0.2) is 11.5 Å². The lowest BCUT2D eigenvalue weighted by Crippen LogP contribution is -2.01. The normalized spacial score (nSPS) is 15.7. The van der Waals surface area contributed by atoms with Crippen LogP contribution in [0.2, 0.25) is 0 Å². The van der Waals surface area contributed by atoms with Crippen LogP contribution in [0.5, 0.6) is 11.5 Å². The molecule has 1 saturated carbocycles. The molecular weight excluding hydrogens is 166 g/mol. The molecule has 0 atom stereocenters. The van der Waals surface area contributed by atoms with Gasteiger partial charge in [0.25, 0.3) is 0 Å². The first kappa shape index (κ1) is 8.23. The Hall–Kier alpha value is -1.38. The molecule has 1 aliphatic rings. The van der Waals surface area contributed by atoms with Gasteiger partial charge in [-0.3, -0.25) is 0 Å². The number of hydrogen-bond acceptors (Lipinski definition) is 3. The van der Waals surface area contributed by atoms with E-state index >= 15 is 0 Å². The molecule has 2 rings (SSSR count). The zero-order valence-electron chi connectivity index (χ0n) is 7.36. The second-order valence-corrected chi connectivity index (χ2v) is 3.45. The Kier molecular flexibility index (Phi) is 2.00. The van der Waals surface area contributed by atoms with E-state index in [9.17, 15) is 5.11 Å². The number of nitrogen functional groups attached to an aromatic ring is 1. The molecule has 0 unspecified atom stereocenters. The third-order valence-corrected chi connectivity index (χ3v) is 2.19. The molecule has 0 spiro atoms. The minimum absolute atomic E-state index is 0.126. The predicted octanol–water partition coefficient (Wildman–Crippen LogP) is 1.76. The van der Waals surface area contributed by atoms with Crippen molar-refractivity contribution in [2.24, 2.45) is 5.92 Å². The maximum Gasteiger partial charge on any atom is 0.183 e. The molecule has 1 aliphatic carbocycles. The first-order valence-corrected chi connectivity index (χ1v) is 4.47. The van der Waals surface area contributed by atoms with E-state index in [-0.39, 0.29) is 5.75 Å². The highest BCUT2D eigenvalue weighted by Gasteiger charge is 2.22.